The number of halogens is 2. The Kier molecular flexibility index (Phi) is 4.23. The number of carbonyl (C=O) groups excluding carboxylic acids is 1. The molecule has 0 unspecified atom stereocenters. The Hall–Kier alpha value is -1.09. The highest BCUT2D eigenvalue weighted by Gasteiger charge is 2.11. The summed E-state index contributed by atoms with van der Waals surface area (Å²) in [6, 6.07) is 9.50. The number of ketones is 1. The van der Waals surface area contributed by atoms with Crippen LogP contribution in [-0.4, -0.2) is 5.78 Å². The number of allylic oxidation sites excluding steroid dienone is 1. The Morgan fingerprint density at radius 1 is 1.28 bits per heavy atom. The van der Waals surface area contributed by atoms with Gasteiger partial charge >= 0.3 is 0 Å². The van der Waals surface area contributed by atoms with Gasteiger partial charge in [-0.15, -0.1) is 11.3 Å². The zero-order chi connectivity index (χ0) is 13.1. The van der Waals surface area contributed by atoms with Crippen LogP contribution in [0.3, 0.4) is 0 Å². The molecule has 1 nitrogen and oxygen atoms in total. The topological polar surface area (TPSA) is 17.1 Å². The van der Waals surface area contributed by atoms with Gasteiger partial charge in [-0.1, -0.05) is 59.1 Å². The largest absolute Gasteiger partial charge is 0.289 e. The van der Waals surface area contributed by atoms with E-state index in [1.54, 1.807) is 12.1 Å². The van der Waals surface area contributed by atoms with Crippen LogP contribution in [0.5, 0.6) is 0 Å². The van der Waals surface area contributed by atoms with Crippen molar-refractivity contribution in [2.45, 2.75) is 6.92 Å². The number of aryl methyl sites for hydroxylation is 1. The first kappa shape index (κ1) is 13.3. The van der Waals surface area contributed by atoms with Crippen molar-refractivity contribution in [2.24, 2.45) is 0 Å². The average Bonchev–Trinajstić information content (AvgIpc) is 2.66. The lowest BCUT2D eigenvalue weighted by atomic mass is 10.1. The Bertz CT molecular complexity index is 614. The average molecular weight is 297 g/mol. The number of hydrogen-bond donors (Lipinski definition) is 0. The minimum Gasteiger partial charge on any atom is -0.289 e. The number of hydrogen-bond acceptors (Lipinski definition) is 2. The van der Waals surface area contributed by atoms with E-state index >= 15 is 0 Å². The van der Waals surface area contributed by atoms with Crippen molar-refractivity contribution < 1.29 is 4.79 Å². The maximum atomic E-state index is 11.9. The van der Waals surface area contributed by atoms with Gasteiger partial charge in [0.2, 0.25) is 0 Å². The van der Waals surface area contributed by atoms with Crippen molar-refractivity contribution in [3.8, 4) is 0 Å². The highest BCUT2D eigenvalue weighted by Crippen LogP contribution is 2.31. The van der Waals surface area contributed by atoms with E-state index in [4.69, 9.17) is 23.2 Å². The zero-order valence-corrected chi connectivity index (χ0v) is 11.9. The van der Waals surface area contributed by atoms with Gasteiger partial charge in [0.05, 0.1) is 9.90 Å². The van der Waals surface area contributed by atoms with Gasteiger partial charge in [-0.25, -0.2) is 0 Å². The van der Waals surface area contributed by atoms with Gasteiger partial charge in [0.1, 0.15) is 4.34 Å². The minimum absolute atomic E-state index is 0.135. The summed E-state index contributed by atoms with van der Waals surface area (Å²) in [6.07, 6.45) is 3.29. The Morgan fingerprint density at radius 2 is 2.06 bits per heavy atom. The first-order valence-electron chi connectivity index (χ1n) is 5.30. The lowest BCUT2D eigenvalue weighted by molar-refractivity contribution is 0.104. The van der Waals surface area contributed by atoms with Crippen LogP contribution in [0.4, 0.5) is 0 Å². The number of carbonyl (C=O) groups is 1. The molecule has 0 radical (unpaired) electrons. The predicted octanol–water partition coefficient (Wildman–Crippen LogP) is 5.26. The molecule has 0 atom stereocenters. The van der Waals surface area contributed by atoms with Crippen molar-refractivity contribution in [3.05, 3.63) is 61.8 Å². The van der Waals surface area contributed by atoms with E-state index in [1.807, 2.05) is 31.2 Å². The smallest absolute Gasteiger partial charge is 0.188 e. The molecule has 2 rings (SSSR count). The fraction of sp³-hybridized carbons (Fsp3) is 0.0714. The summed E-state index contributed by atoms with van der Waals surface area (Å²) >= 11 is 12.9. The van der Waals surface area contributed by atoms with E-state index in [-0.39, 0.29) is 5.78 Å². The van der Waals surface area contributed by atoms with Crippen LogP contribution >= 0.6 is 34.5 Å². The maximum absolute atomic E-state index is 11.9. The molecule has 0 aliphatic heterocycles. The molecule has 2 aromatic rings. The van der Waals surface area contributed by atoms with E-state index < -0.39 is 0 Å². The molecule has 0 N–H and O–H groups in total. The second-order valence-electron chi connectivity index (χ2n) is 3.85. The quantitative estimate of drug-likeness (QED) is 0.558. The lowest BCUT2D eigenvalue weighted by Gasteiger charge is -1.95. The van der Waals surface area contributed by atoms with Crippen molar-refractivity contribution >= 4 is 46.4 Å². The van der Waals surface area contributed by atoms with E-state index in [0.717, 1.165) is 11.1 Å². The standard InChI is InChI=1S/C14H10Cl2OS/c1-9-3-2-4-10(7-9)5-6-12(17)11-8-13(15)18-14(11)16/h2-8H,1H3/b6-5+. The first-order valence-corrected chi connectivity index (χ1v) is 6.87. The second kappa shape index (κ2) is 5.70. The number of benzene rings is 1. The Balaban J connectivity index is 2.19. The molecule has 1 aromatic carbocycles. The third-order valence-corrected chi connectivity index (χ3v) is 3.88. The molecule has 0 aliphatic rings. The van der Waals surface area contributed by atoms with Crippen LogP contribution in [-0.2, 0) is 0 Å². The third kappa shape index (κ3) is 3.22. The molecule has 0 bridgehead atoms. The van der Waals surface area contributed by atoms with Crippen LogP contribution in [0.2, 0.25) is 8.67 Å². The molecule has 0 saturated carbocycles. The van der Waals surface area contributed by atoms with E-state index in [9.17, 15) is 4.79 Å². The predicted molar refractivity (Wildman–Crippen MR) is 78.9 cm³/mol. The van der Waals surface area contributed by atoms with Crippen molar-refractivity contribution in [2.75, 3.05) is 0 Å². The van der Waals surface area contributed by atoms with Crippen molar-refractivity contribution in [1.29, 1.82) is 0 Å². The molecular formula is C14H10Cl2OS. The minimum atomic E-state index is -0.135. The summed E-state index contributed by atoms with van der Waals surface area (Å²) < 4.78 is 0.950. The fourth-order valence-corrected chi connectivity index (χ4v) is 3.02. The van der Waals surface area contributed by atoms with Gasteiger partial charge in [0.25, 0.3) is 0 Å². The van der Waals surface area contributed by atoms with Crippen molar-refractivity contribution in [1.82, 2.24) is 0 Å². The van der Waals surface area contributed by atoms with Crippen LogP contribution in [0, 0.1) is 6.92 Å². The summed E-state index contributed by atoms with van der Waals surface area (Å²) in [7, 11) is 0. The fourth-order valence-electron chi connectivity index (χ4n) is 1.54. The molecule has 0 aliphatic carbocycles. The van der Waals surface area contributed by atoms with Crippen LogP contribution in [0.15, 0.2) is 36.4 Å². The van der Waals surface area contributed by atoms with Gasteiger partial charge in [-0.05, 0) is 24.6 Å². The summed E-state index contributed by atoms with van der Waals surface area (Å²) in [5.41, 5.74) is 2.59. The summed E-state index contributed by atoms with van der Waals surface area (Å²) in [6.45, 7) is 2.01. The van der Waals surface area contributed by atoms with Crippen molar-refractivity contribution in [3.63, 3.8) is 0 Å². The van der Waals surface area contributed by atoms with Gasteiger partial charge in [0, 0.05) is 0 Å². The first-order chi connectivity index (χ1) is 8.56. The Morgan fingerprint density at radius 3 is 2.67 bits per heavy atom. The van der Waals surface area contributed by atoms with Gasteiger partial charge in [0.15, 0.2) is 5.78 Å². The number of rotatable bonds is 3. The molecule has 0 spiro atoms. The SMILES string of the molecule is Cc1cccc(/C=C/C(=O)c2cc(Cl)sc2Cl)c1. The summed E-state index contributed by atoms with van der Waals surface area (Å²) in [5.74, 6) is -0.135. The molecule has 1 aromatic heterocycles. The van der Waals surface area contributed by atoms with Crippen LogP contribution in [0.1, 0.15) is 21.5 Å². The van der Waals surface area contributed by atoms with Crippen LogP contribution < -0.4 is 0 Å². The zero-order valence-electron chi connectivity index (χ0n) is 9.61. The molecule has 0 amide bonds. The molecule has 92 valence electrons. The molecule has 4 heteroatoms. The summed E-state index contributed by atoms with van der Waals surface area (Å²) in [5, 5.41) is 0. The molecule has 0 fully saturated rings. The summed E-state index contributed by atoms with van der Waals surface area (Å²) in [4.78, 5) is 11.9. The molecule has 0 saturated heterocycles. The van der Waals surface area contributed by atoms with Crippen LogP contribution in [0.25, 0.3) is 6.08 Å². The van der Waals surface area contributed by atoms with Gasteiger partial charge in [-0.2, -0.15) is 0 Å². The van der Waals surface area contributed by atoms with E-state index in [0.29, 0.717) is 14.2 Å². The Labute approximate surface area is 120 Å². The van der Waals surface area contributed by atoms with Gasteiger partial charge < -0.3 is 0 Å². The molecule has 18 heavy (non-hydrogen) atoms. The molecular weight excluding hydrogens is 287 g/mol. The highest BCUT2D eigenvalue weighted by atomic mass is 35.5. The second-order valence-corrected chi connectivity index (χ2v) is 6.14. The normalized spacial score (nSPS) is 11.1. The number of thiophene rings is 1. The molecule has 1 heterocycles. The maximum Gasteiger partial charge on any atom is 0.188 e. The van der Waals surface area contributed by atoms with Gasteiger partial charge in [-0.3, -0.25) is 4.79 Å². The van der Waals surface area contributed by atoms with E-state index in [1.165, 1.54) is 17.4 Å². The van der Waals surface area contributed by atoms with E-state index in [2.05, 4.69) is 0 Å². The highest BCUT2D eigenvalue weighted by molar-refractivity contribution is 7.20. The third-order valence-electron chi connectivity index (χ3n) is 2.39. The monoisotopic (exact) mass is 296 g/mol. The lowest BCUT2D eigenvalue weighted by Crippen LogP contribution is -1.91.